The maximum Gasteiger partial charge on any atom is 0.374 e. The van der Waals surface area contributed by atoms with E-state index in [-0.39, 0.29) is 5.82 Å². The van der Waals surface area contributed by atoms with Crippen molar-refractivity contribution < 1.29 is 19.4 Å². The van der Waals surface area contributed by atoms with Crippen molar-refractivity contribution in [3.05, 3.63) is 17.1 Å². The standard InChI is InChI=1S/C10H12N2O4/c1-15-9-6-2-4-16-5-3-7(6)11-8(12-9)10(13)14/h2-5H2,1H3,(H,13,14). The molecule has 2 heterocycles. The number of aromatic carboxylic acids is 1. The van der Waals surface area contributed by atoms with E-state index in [1.54, 1.807) is 0 Å². The van der Waals surface area contributed by atoms with Crippen LogP contribution in [0.4, 0.5) is 0 Å². The minimum absolute atomic E-state index is 0.225. The highest BCUT2D eigenvalue weighted by Crippen LogP contribution is 2.22. The van der Waals surface area contributed by atoms with Gasteiger partial charge in [-0.1, -0.05) is 0 Å². The van der Waals surface area contributed by atoms with E-state index in [1.807, 2.05) is 0 Å². The zero-order valence-corrected chi connectivity index (χ0v) is 8.89. The number of hydrogen-bond acceptors (Lipinski definition) is 5. The third-order valence-electron chi connectivity index (χ3n) is 2.42. The van der Waals surface area contributed by atoms with Gasteiger partial charge in [0.25, 0.3) is 0 Å². The molecule has 0 saturated carbocycles. The highest BCUT2D eigenvalue weighted by molar-refractivity contribution is 5.83. The molecule has 0 aliphatic carbocycles. The lowest BCUT2D eigenvalue weighted by atomic mass is 10.1. The summed E-state index contributed by atoms with van der Waals surface area (Å²) in [6.07, 6.45) is 1.24. The van der Waals surface area contributed by atoms with Crippen molar-refractivity contribution in [2.75, 3.05) is 20.3 Å². The van der Waals surface area contributed by atoms with Crippen LogP contribution >= 0.6 is 0 Å². The number of nitrogens with zero attached hydrogens (tertiary/aromatic N) is 2. The lowest BCUT2D eigenvalue weighted by molar-refractivity contribution is 0.0681. The zero-order valence-electron chi connectivity index (χ0n) is 8.89. The fourth-order valence-corrected chi connectivity index (χ4v) is 1.68. The van der Waals surface area contributed by atoms with E-state index in [0.717, 1.165) is 5.56 Å². The van der Waals surface area contributed by atoms with Crippen molar-refractivity contribution >= 4 is 5.97 Å². The van der Waals surface area contributed by atoms with Crippen LogP contribution in [0.3, 0.4) is 0 Å². The highest BCUT2D eigenvalue weighted by Gasteiger charge is 2.19. The van der Waals surface area contributed by atoms with Crippen LogP contribution in [-0.2, 0) is 17.6 Å². The Bertz CT molecular complexity index is 420. The van der Waals surface area contributed by atoms with Gasteiger partial charge >= 0.3 is 5.97 Å². The summed E-state index contributed by atoms with van der Waals surface area (Å²) in [6.45, 7) is 1.13. The molecule has 0 spiro atoms. The van der Waals surface area contributed by atoms with E-state index >= 15 is 0 Å². The lowest BCUT2D eigenvalue weighted by Gasteiger charge is -2.09. The molecule has 1 aliphatic heterocycles. The molecule has 1 aromatic rings. The third-order valence-corrected chi connectivity index (χ3v) is 2.42. The van der Waals surface area contributed by atoms with E-state index in [4.69, 9.17) is 14.6 Å². The summed E-state index contributed by atoms with van der Waals surface area (Å²) in [6, 6.07) is 0. The molecule has 0 saturated heterocycles. The molecule has 86 valence electrons. The number of fused-ring (bicyclic) bond motifs is 1. The van der Waals surface area contributed by atoms with Gasteiger partial charge < -0.3 is 14.6 Å². The molecule has 0 atom stereocenters. The SMILES string of the molecule is COc1nc(C(=O)O)nc2c1CCOCC2. The topological polar surface area (TPSA) is 81.5 Å². The summed E-state index contributed by atoms with van der Waals surface area (Å²) >= 11 is 0. The Labute approximate surface area is 92.2 Å². The molecule has 6 nitrogen and oxygen atoms in total. The van der Waals surface area contributed by atoms with Crippen molar-refractivity contribution in [2.45, 2.75) is 12.8 Å². The minimum atomic E-state index is -1.15. The number of rotatable bonds is 2. The quantitative estimate of drug-likeness (QED) is 0.778. The summed E-state index contributed by atoms with van der Waals surface area (Å²) in [7, 11) is 1.47. The number of carboxylic acids is 1. The first-order valence-electron chi connectivity index (χ1n) is 4.97. The molecule has 0 fully saturated rings. The molecule has 0 amide bonds. The fraction of sp³-hybridized carbons (Fsp3) is 0.500. The first-order chi connectivity index (χ1) is 7.72. The van der Waals surface area contributed by atoms with Gasteiger partial charge in [0.15, 0.2) is 0 Å². The predicted octanol–water partition coefficient (Wildman–Crippen LogP) is 0.299. The Morgan fingerprint density at radius 1 is 1.38 bits per heavy atom. The molecular formula is C10H12N2O4. The van der Waals surface area contributed by atoms with Gasteiger partial charge in [0.2, 0.25) is 11.7 Å². The molecule has 1 N–H and O–H groups in total. The molecule has 0 radical (unpaired) electrons. The molecule has 2 rings (SSSR count). The average Bonchev–Trinajstić information content (AvgIpc) is 2.52. The monoisotopic (exact) mass is 224 g/mol. The summed E-state index contributed by atoms with van der Waals surface area (Å²) < 4.78 is 10.4. The molecular weight excluding hydrogens is 212 g/mol. The Morgan fingerprint density at radius 2 is 2.12 bits per heavy atom. The molecule has 0 aromatic carbocycles. The van der Waals surface area contributed by atoms with E-state index in [9.17, 15) is 4.79 Å². The Kier molecular flexibility index (Phi) is 3.00. The van der Waals surface area contributed by atoms with Crippen molar-refractivity contribution in [2.24, 2.45) is 0 Å². The van der Waals surface area contributed by atoms with Gasteiger partial charge in [-0.3, -0.25) is 0 Å². The first-order valence-corrected chi connectivity index (χ1v) is 4.97. The molecule has 1 aliphatic rings. The number of carboxylic acid groups (broad SMARTS) is 1. The van der Waals surface area contributed by atoms with Gasteiger partial charge in [0.1, 0.15) is 0 Å². The molecule has 0 bridgehead atoms. The van der Waals surface area contributed by atoms with Gasteiger partial charge in [0, 0.05) is 18.4 Å². The van der Waals surface area contributed by atoms with Crippen molar-refractivity contribution in [3.8, 4) is 5.88 Å². The Hall–Kier alpha value is -1.69. The Balaban J connectivity index is 2.50. The van der Waals surface area contributed by atoms with Gasteiger partial charge in [-0.25, -0.2) is 9.78 Å². The van der Waals surface area contributed by atoms with E-state index < -0.39 is 5.97 Å². The number of hydrogen-bond donors (Lipinski definition) is 1. The predicted molar refractivity (Wildman–Crippen MR) is 53.8 cm³/mol. The summed E-state index contributed by atoms with van der Waals surface area (Å²) in [4.78, 5) is 18.7. The average molecular weight is 224 g/mol. The number of ether oxygens (including phenoxy) is 2. The third kappa shape index (κ3) is 1.96. The van der Waals surface area contributed by atoms with Crippen LogP contribution in [-0.4, -0.2) is 41.4 Å². The van der Waals surface area contributed by atoms with Crippen LogP contribution < -0.4 is 4.74 Å². The second-order valence-electron chi connectivity index (χ2n) is 3.40. The number of aromatic nitrogens is 2. The van der Waals surface area contributed by atoms with E-state index in [1.165, 1.54) is 7.11 Å². The van der Waals surface area contributed by atoms with Crippen molar-refractivity contribution in [1.82, 2.24) is 9.97 Å². The number of methoxy groups -OCH3 is 1. The van der Waals surface area contributed by atoms with E-state index in [2.05, 4.69) is 9.97 Å². The minimum Gasteiger partial charge on any atom is -0.481 e. The summed E-state index contributed by atoms with van der Waals surface area (Å²) in [5.74, 6) is -1.03. The van der Waals surface area contributed by atoms with Crippen LogP contribution in [0.25, 0.3) is 0 Å². The second kappa shape index (κ2) is 4.44. The van der Waals surface area contributed by atoms with Crippen molar-refractivity contribution in [1.29, 1.82) is 0 Å². The maximum atomic E-state index is 10.8. The zero-order chi connectivity index (χ0) is 11.5. The van der Waals surface area contributed by atoms with Crippen LogP contribution in [0.5, 0.6) is 5.88 Å². The van der Waals surface area contributed by atoms with Gasteiger partial charge in [-0.2, -0.15) is 4.98 Å². The maximum absolute atomic E-state index is 10.8. The van der Waals surface area contributed by atoms with Gasteiger partial charge in [-0.05, 0) is 0 Å². The van der Waals surface area contributed by atoms with Crippen LogP contribution in [0.2, 0.25) is 0 Å². The van der Waals surface area contributed by atoms with E-state index in [0.29, 0.717) is 37.6 Å². The normalized spacial score (nSPS) is 15.1. The van der Waals surface area contributed by atoms with Gasteiger partial charge in [0.05, 0.1) is 26.0 Å². The molecule has 6 heteroatoms. The van der Waals surface area contributed by atoms with Crippen LogP contribution in [0.1, 0.15) is 21.9 Å². The molecule has 16 heavy (non-hydrogen) atoms. The van der Waals surface area contributed by atoms with Crippen LogP contribution in [0.15, 0.2) is 0 Å². The highest BCUT2D eigenvalue weighted by atomic mass is 16.5. The molecule has 1 aromatic heterocycles. The first kappa shape index (κ1) is 10.8. The summed E-state index contributed by atoms with van der Waals surface area (Å²) in [5, 5.41) is 8.86. The van der Waals surface area contributed by atoms with Crippen molar-refractivity contribution in [3.63, 3.8) is 0 Å². The Morgan fingerprint density at radius 3 is 2.81 bits per heavy atom. The molecule has 0 unspecified atom stereocenters. The largest absolute Gasteiger partial charge is 0.481 e. The second-order valence-corrected chi connectivity index (χ2v) is 3.40. The van der Waals surface area contributed by atoms with Crippen LogP contribution in [0, 0.1) is 0 Å². The fourth-order valence-electron chi connectivity index (χ4n) is 1.68. The van der Waals surface area contributed by atoms with Gasteiger partial charge in [-0.15, -0.1) is 0 Å². The lowest BCUT2D eigenvalue weighted by Crippen LogP contribution is -2.11. The smallest absolute Gasteiger partial charge is 0.374 e. The number of carbonyl (C=O) groups is 1. The summed E-state index contributed by atoms with van der Waals surface area (Å²) in [5.41, 5.74) is 1.56.